The lowest BCUT2D eigenvalue weighted by Crippen LogP contribution is -2.55. The second-order valence-electron chi connectivity index (χ2n) is 10.6. The molecule has 0 aromatic carbocycles. The number of carbonyl (C=O) groups is 3. The van der Waals surface area contributed by atoms with Gasteiger partial charge in [-0.05, 0) is 43.7 Å². The maximum atomic E-state index is 13.4. The fourth-order valence-electron chi connectivity index (χ4n) is 6.49. The van der Waals surface area contributed by atoms with Crippen molar-refractivity contribution in [3.05, 3.63) is 30.1 Å². The third-order valence-corrected chi connectivity index (χ3v) is 8.40. The van der Waals surface area contributed by atoms with E-state index in [9.17, 15) is 22.8 Å². The number of nitrogens with zero attached hydrogens (tertiary/aromatic N) is 5. The zero-order chi connectivity index (χ0) is 26.8. The van der Waals surface area contributed by atoms with Gasteiger partial charge in [-0.2, -0.15) is 13.2 Å². The average Bonchev–Trinajstić information content (AvgIpc) is 3.57. The van der Waals surface area contributed by atoms with Gasteiger partial charge in [0.05, 0.1) is 5.41 Å². The molecular formula is C25H34F3N5O4. The van der Waals surface area contributed by atoms with Crippen LogP contribution in [0.5, 0.6) is 0 Å². The molecule has 0 bridgehead atoms. The quantitative estimate of drug-likeness (QED) is 0.638. The molecule has 1 unspecified atom stereocenters. The number of urea groups is 1. The van der Waals surface area contributed by atoms with Gasteiger partial charge in [0.15, 0.2) is 0 Å². The normalized spacial score (nSPS) is 25.6. The van der Waals surface area contributed by atoms with Crippen LogP contribution in [-0.4, -0.2) is 107 Å². The van der Waals surface area contributed by atoms with Crippen LogP contribution in [0.3, 0.4) is 0 Å². The fourth-order valence-corrected chi connectivity index (χ4v) is 6.49. The van der Waals surface area contributed by atoms with Gasteiger partial charge in [0.1, 0.15) is 0 Å². The molecule has 5 rings (SSSR count). The Morgan fingerprint density at radius 1 is 1.03 bits per heavy atom. The minimum atomic E-state index is -5.08. The number of halogens is 3. The smallest absolute Gasteiger partial charge is 0.475 e. The number of aliphatic carboxylic acids is 1. The molecule has 4 fully saturated rings. The minimum absolute atomic E-state index is 0.0289. The number of aromatic nitrogens is 1. The van der Waals surface area contributed by atoms with Crippen molar-refractivity contribution >= 4 is 17.9 Å². The Morgan fingerprint density at radius 3 is 2.16 bits per heavy atom. The van der Waals surface area contributed by atoms with Gasteiger partial charge in [-0.25, -0.2) is 9.59 Å². The van der Waals surface area contributed by atoms with Gasteiger partial charge in [-0.15, -0.1) is 0 Å². The van der Waals surface area contributed by atoms with E-state index in [-0.39, 0.29) is 16.9 Å². The number of pyridine rings is 1. The molecular weight excluding hydrogens is 491 g/mol. The molecule has 0 aliphatic carbocycles. The molecule has 4 saturated heterocycles. The number of carboxylic acid groups (broad SMARTS) is 1. The van der Waals surface area contributed by atoms with Crippen LogP contribution < -0.4 is 0 Å². The summed E-state index contributed by atoms with van der Waals surface area (Å²) >= 11 is 0. The Labute approximate surface area is 214 Å². The topological polar surface area (TPSA) is 97.3 Å². The van der Waals surface area contributed by atoms with Crippen LogP contribution in [0.15, 0.2) is 24.5 Å². The SMILES string of the molecule is CN1CCC2(CN(Cc3cccnc3)CC23CCN(C(=O)N2CCCC2)CC3)C1=O.O=C(O)C(F)(F)F. The zero-order valence-electron chi connectivity index (χ0n) is 21.0. The number of carboxylic acids is 1. The summed E-state index contributed by atoms with van der Waals surface area (Å²) in [5.74, 6) is -2.44. The number of piperidine rings is 1. The maximum Gasteiger partial charge on any atom is 0.490 e. The molecule has 5 heterocycles. The van der Waals surface area contributed by atoms with Gasteiger partial charge >= 0.3 is 18.2 Å². The van der Waals surface area contributed by atoms with E-state index in [2.05, 4.69) is 16.0 Å². The van der Waals surface area contributed by atoms with E-state index in [4.69, 9.17) is 9.90 Å². The van der Waals surface area contributed by atoms with Gasteiger partial charge in [-0.1, -0.05) is 6.07 Å². The molecule has 12 heteroatoms. The highest BCUT2D eigenvalue weighted by Gasteiger charge is 2.64. The van der Waals surface area contributed by atoms with Crippen LogP contribution in [-0.2, 0) is 16.1 Å². The summed E-state index contributed by atoms with van der Waals surface area (Å²) < 4.78 is 31.7. The molecule has 1 atom stereocenters. The monoisotopic (exact) mass is 525 g/mol. The summed E-state index contributed by atoms with van der Waals surface area (Å²) in [5, 5.41) is 7.12. The predicted molar refractivity (Wildman–Crippen MR) is 127 cm³/mol. The number of rotatable bonds is 2. The van der Waals surface area contributed by atoms with Crippen LogP contribution in [0.1, 0.15) is 37.7 Å². The zero-order valence-corrected chi connectivity index (χ0v) is 21.0. The van der Waals surface area contributed by atoms with Crippen molar-refractivity contribution in [1.82, 2.24) is 24.6 Å². The first-order valence-corrected chi connectivity index (χ1v) is 12.7. The maximum absolute atomic E-state index is 13.4. The first-order chi connectivity index (χ1) is 17.5. The summed E-state index contributed by atoms with van der Waals surface area (Å²) in [4.78, 5) is 47.9. The average molecular weight is 526 g/mol. The summed E-state index contributed by atoms with van der Waals surface area (Å²) in [6.45, 7) is 6.78. The van der Waals surface area contributed by atoms with Crippen LogP contribution >= 0.6 is 0 Å². The van der Waals surface area contributed by atoms with Crippen molar-refractivity contribution < 1.29 is 32.7 Å². The highest BCUT2D eigenvalue weighted by atomic mass is 19.4. The van der Waals surface area contributed by atoms with E-state index in [1.165, 1.54) is 5.56 Å². The highest BCUT2D eigenvalue weighted by Crippen LogP contribution is 2.57. The standard InChI is InChI=1S/C23H33N5O2.C2HF3O2/c1-25-12-8-23(20(25)29)18-26(16-19-5-4-9-24-15-19)17-22(23)6-13-28(14-7-22)21(30)27-10-2-3-11-27;3-2(4,5)1(6)7/h4-5,9,15H,2-3,6-8,10-14,16-18H2,1H3;(H,6,7). The van der Waals surface area contributed by atoms with E-state index >= 15 is 0 Å². The van der Waals surface area contributed by atoms with Crippen LogP contribution in [0.25, 0.3) is 0 Å². The second kappa shape index (κ2) is 10.5. The van der Waals surface area contributed by atoms with Crippen LogP contribution in [0.4, 0.5) is 18.0 Å². The van der Waals surface area contributed by atoms with E-state index in [0.29, 0.717) is 5.91 Å². The Hall–Kier alpha value is -2.89. The Balaban J connectivity index is 0.000000405. The van der Waals surface area contributed by atoms with Gasteiger partial charge in [0, 0.05) is 77.2 Å². The van der Waals surface area contributed by atoms with Gasteiger partial charge in [-0.3, -0.25) is 14.7 Å². The first kappa shape index (κ1) is 27.2. The largest absolute Gasteiger partial charge is 0.490 e. The molecule has 4 aliphatic rings. The first-order valence-electron chi connectivity index (χ1n) is 12.7. The number of alkyl halides is 3. The van der Waals surface area contributed by atoms with Crippen LogP contribution in [0, 0.1) is 10.8 Å². The van der Waals surface area contributed by atoms with Crippen molar-refractivity contribution in [3.8, 4) is 0 Å². The second-order valence-corrected chi connectivity index (χ2v) is 10.6. The minimum Gasteiger partial charge on any atom is -0.475 e. The third-order valence-electron chi connectivity index (χ3n) is 8.40. The number of amides is 3. The van der Waals surface area contributed by atoms with E-state index in [1.54, 1.807) is 6.20 Å². The summed E-state index contributed by atoms with van der Waals surface area (Å²) in [7, 11) is 1.95. The highest BCUT2D eigenvalue weighted by molar-refractivity contribution is 5.86. The molecule has 2 spiro atoms. The molecule has 0 saturated carbocycles. The Kier molecular flexibility index (Phi) is 7.68. The van der Waals surface area contributed by atoms with Crippen molar-refractivity contribution in [2.45, 2.75) is 44.8 Å². The lowest BCUT2D eigenvalue weighted by molar-refractivity contribution is -0.192. The van der Waals surface area contributed by atoms with Gasteiger partial charge in [0.25, 0.3) is 0 Å². The summed E-state index contributed by atoms with van der Waals surface area (Å²) in [5.41, 5.74) is 0.871. The van der Waals surface area contributed by atoms with Crippen molar-refractivity contribution in [1.29, 1.82) is 0 Å². The van der Waals surface area contributed by atoms with E-state index in [1.807, 2.05) is 34.0 Å². The Bertz CT molecular complexity index is 994. The molecule has 1 N–H and O–H groups in total. The molecule has 1 aromatic rings. The van der Waals surface area contributed by atoms with E-state index < -0.39 is 12.1 Å². The number of likely N-dealkylation sites (tertiary alicyclic amines) is 4. The number of carbonyl (C=O) groups excluding carboxylic acids is 2. The summed E-state index contributed by atoms with van der Waals surface area (Å²) in [6.07, 6.45) is 3.68. The number of hydrogen-bond acceptors (Lipinski definition) is 5. The van der Waals surface area contributed by atoms with Crippen LogP contribution in [0.2, 0.25) is 0 Å². The van der Waals surface area contributed by atoms with Crippen molar-refractivity contribution in [2.75, 3.05) is 52.9 Å². The number of hydrogen-bond donors (Lipinski definition) is 1. The Morgan fingerprint density at radius 2 is 1.65 bits per heavy atom. The van der Waals surface area contributed by atoms with Gasteiger partial charge in [0.2, 0.25) is 5.91 Å². The fraction of sp³-hybridized carbons (Fsp3) is 0.680. The molecule has 204 valence electrons. The van der Waals surface area contributed by atoms with Crippen molar-refractivity contribution in [3.63, 3.8) is 0 Å². The third kappa shape index (κ3) is 5.39. The van der Waals surface area contributed by atoms with Gasteiger partial charge < -0.3 is 19.8 Å². The predicted octanol–water partition coefficient (Wildman–Crippen LogP) is 2.68. The van der Waals surface area contributed by atoms with E-state index in [0.717, 1.165) is 84.5 Å². The molecule has 4 aliphatic heterocycles. The molecule has 0 radical (unpaired) electrons. The molecule has 1 aromatic heterocycles. The lowest BCUT2D eigenvalue weighted by Gasteiger charge is -2.47. The molecule has 9 nitrogen and oxygen atoms in total. The number of fused-ring (bicyclic) bond motifs is 1. The molecule has 3 amide bonds. The summed E-state index contributed by atoms with van der Waals surface area (Å²) in [6, 6.07) is 4.30. The van der Waals surface area contributed by atoms with Crippen molar-refractivity contribution in [2.24, 2.45) is 10.8 Å². The lowest BCUT2D eigenvalue weighted by atomic mass is 9.60. The molecule has 37 heavy (non-hydrogen) atoms.